The first-order valence-electron chi connectivity index (χ1n) is 9.40. The van der Waals surface area contributed by atoms with Gasteiger partial charge in [0.05, 0.1) is 18.4 Å². The second kappa shape index (κ2) is 7.79. The van der Waals surface area contributed by atoms with Gasteiger partial charge in [-0.3, -0.25) is 14.3 Å². The van der Waals surface area contributed by atoms with Crippen molar-refractivity contribution in [2.75, 3.05) is 13.7 Å². The largest absolute Gasteiger partial charge is 0.491 e. The second-order valence-corrected chi connectivity index (χ2v) is 7.00. The highest BCUT2D eigenvalue weighted by molar-refractivity contribution is 6.02. The molecule has 0 bridgehead atoms. The number of ether oxygens (including phenoxy) is 1. The summed E-state index contributed by atoms with van der Waals surface area (Å²) in [4.78, 5) is 25.3. The maximum atomic E-state index is 12.8. The van der Waals surface area contributed by atoms with E-state index < -0.39 is 0 Å². The molecule has 1 aromatic heterocycles. The molecule has 4 rings (SSSR count). The monoisotopic (exact) mass is 390 g/mol. The molecule has 2 N–H and O–H groups in total. The Morgan fingerprint density at radius 3 is 2.69 bits per heavy atom. The fourth-order valence-corrected chi connectivity index (χ4v) is 3.57. The van der Waals surface area contributed by atoms with E-state index in [-0.39, 0.29) is 17.7 Å². The smallest absolute Gasteiger partial charge is 0.254 e. The molecule has 29 heavy (non-hydrogen) atoms. The van der Waals surface area contributed by atoms with Gasteiger partial charge in [-0.1, -0.05) is 30.3 Å². The molecule has 0 aliphatic carbocycles. The highest BCUT2D eigenvalue weighted by Crippen LogP contribution is 2.41. The summed E-state index contributed by atoms with van der Waals surface area (Å²) in [7, 11) is 3.39. The lowest BCUT2D eigenvalue weighted by molar-refractivity contribution is 0.0950. The number of amides is 2. The van der Waals surface area contributed by atoms with Crippen molar-refractivity contribution in [2.24, 2.45) is 7.05 Å². The van der Waals surface area contributed by atoms with Gasteiger partial charge in [-0.25, -0.2) is 0 Å². The first kappa shape index (κ1) is 18.7. The number of fused-ring (bicyclic) bond motifs is 1. The van der Waals surface area contributed by atoms with Gasteiger partial charge in [0.25, 0.3) is 11.8 Å². The van der Waals surface area contributed by atoms with Crippen molar-refractivity contribution in [1.82, 2.24) is 20.4 Å². The number of hydrogen-bond donors (Lipinski definition) is 2. The topological polar surface area (TPSA) is 85.3 Å². The molecule has 7 heteroatoms. The average Bonchev–Trinajstić information content (AvgIpc) is 3.37. The summed E-state index contributed by atoms with van der Waals surface area (Å²) in [5.74, 6) is -0.0138. The van der Waals surface area contributed by atoms with Gasteiger partial charge in [0, 0.05) is 49.4 Å². The number of nitrogens with one attached hydrogen (secondary N) is 2. The van der Waals surface area contributed by atoms with E-state index in [4.69, 9.17) is 4.74 Å². The van der Waals surface area contributed by atoms with Crippen molar-refractivity contribution in [3.63, 3.8) is 0 Å². The zero-order chi connectivity index (χ0) is 20.4. The third-order valence-corrected chi connectivity index (χ3v) is 5.03. The zero-order valence-electron chi connectivity index (χ0n) is 16.3. The Morgan fingerprint density at radius 2 is 2.00 bits per heavy atom. The molecule has 7 nitrogen and oxygen atoms in total. The number of aryl methyl sites for hydroxylation is 1. The highest BCUT2D eigenvalue weighted by Gasteiger charge is 2.31. The van der Waals surface area contributed by atoms with Crippen LogP contribution in [0.2, 0.25) is 0 Å². The Bertz CT molecular complexity index is 1060. The van der Waals surface area contributed by atoms with Gasteiger partial charge in [0.2, 0.25) is 0 Å². The maximum absolute atomic E-state index is 12.8. The van der Waals surface area contributed by atoms with Gasteiger partial charge < -0.3 is 15.4 Å². The van der Waals surface area contributed by atoms with E-state index in [1.165, 1.54) is 0 Å². The van der Waals surface area contributed by atoms with E-state index >= 15 is 0 Å². The summed E-state index contributed by atoms with van der Waals surface area (Å²) in [5, 5.41) is 9.63. The Kier molecular flexibility index (Phi) is 5.03. The van der Waals surface area contributed by atoms with Crippen LogP contribution in [0.25, 0.3) is 0 Å². The lowest BCUT2D eigenvalue weighted by Gasteiger charge is -2.13. The number of aromatic nitrogens is 2. The van der Waals surface area contributed by atoms with E-state index in [1.807, 2.05) is 49.6 Å². The predicted octanol–water partition coefficient (Wildman–Crippen LogP) is 2.23. The molecule has 0 saturated heterocycles. The molecule has 1 atom stereocenters. The quantitative estimate of drug-likeness (QED) is 0.700. The van der Waals surface area contributed by atoms with Crippen LogP contribution in [-0.4, -0.2) is 35.2 Å². The maximum Gasteiger partial charge on any atom is 0.254 e. The summed E-state index contributed by atoms with van der Waals surface area (Å²) >= 11 is 0. The fraction of sp³-hybridized carbons (Fsp3) is 0.227. The van der Waals surface area contributed by atoms with Crippen molar-refractivity contribution in [3.8, 4) is 5.75 Å². The normalized spacial score (nSPS) is 14.8. The number of rotatable bonds is 5. The molecule has 1 aliphatic heterocycles. The summed E-state index contributed by atoms with van der Waals surface area (Å²) < 4.78 is 7.57. The van der Waals surface area contributed by atoms with Crippen LogP contribution in [0.5, 0.6) is 5.75 Å². The number of benzene rings is 2. The lowest BCUT2D eigenvalue weighted by atomic mass is 9.90. The van der Waals surface area contributed by atoms with Gasteiger partial charge >= 0.3 is 0 Å². The van der Waals surface area contributed by atoms with Crippen LogP contribution in [0.15, 0.2) is 54.9 Å². The molecule has 1 aliphatic rings. The third-order valence-electron chi connectivity index (χ3n) is 5.03. The summed E-state index contributed by atoms with van der Waals surface area (Å²) in [6, 6.07) is 13.4. The zero-order valence-corrected chi connectivity index (χ0v) is 16.3. The van der Waals surface area contributed by atoms with Crippen molar-refractivity contribution >= 4 is 11.8 Å². The molecule has 0 spiro atoms. The SMILES string of the molecule is CNC(=O)c1cc(C(=O)NCc2cnn(C)c2)cc2c1OC[C@@H]2c1ccccc1. The molecule has 2 amide bonds. The minimum atomic E-state index is -0.281. The standard InChI is InChI=1S/C22H22N4O3/c1-23-22(28)18-9-16(21(27)24-10-14-11-25-26(2)12-14)8-17-19(13-29-20(17)18)15-6-4-3-5-7-15/h3-9,11-12,19H,10,13H2,1-2H3,(H,23,28)(H,24,27)/t19-/m1/s1. The number of carbonyl (C=O) groups excluding carboxylic acids is 2. The van der Waals surface area contributed by atoms with Gasteiger partial charge in [-0.2, -0.15) is 5.10 Å². The molecule has 3 aromatic rings. The van der Waals surface area contributed by atoms with Gasteiger partial charge in [0.1, 0.15) is 5.75 Å². The summed E-state index contributed by atoms with van der Waals surface area (Å²) in [6.45, 7) is 0.793. The average molecular weight is 390 g/mol. The van der Waals surface area contributed by atoms with Crippen LogP contribution in [-0.2, 0) is 13.6 Å². The van der Waals surface area contributed by atoms with Crippen LogP contribution in [0.4, 0.5) is 0 Å². The lowest BCUT2D eigenvalue weighted by Crippen LogP contribution is -2.24. The van der Waals surface area contributed by atoms with Crippen LogP contribution in [0.1, 0.15) is 43.3 Å². The van der Waals surface area contributed by atoms with Crippen LogP contribution in [0, 0.1) is 0 Å². The van der Waals surface area contributed by atoms with Crippen molar-refractivity contribution in [3.05, 3.63) is 82.7 Å². The van der Waals surface area contributed by atoms with E-state index in [1.54, 1.807) is 24.0 Å². The molecular weight excluding hydrogens is 368 g/mol. The van der Waals surface area contributed by atoms with Gasteiger partial charge in [-0.15, -0.1) is 0 Å². The molecule has 2 aromatic carbocycles. The summed E-state index contributed by atoms with van der Waals surface area (Å²) in [5.41, 5.74) is 3.64. The van der Waals surface area contributed by atoms with Gasteiger partial charge in [-0.05, 0) is 17.7 Å². The molecule has 2 heterocycles. The van der Waals surface area contributed by atoms with E-state index in [9.17, 15) is 9.59 Å². The second-order valence-electron chi connectivity index (χ2n) is 7.00. The first-order valence-corrected chi connectivity index (χ1v) is 9.40. The Morgan fingerprint density at radius 1 is 1.21 bits per heavy atom. The van der Waals surface area contributed by atoms with Crippen LogP contribution in [0.3, 0.4) is 0 Å². The van der Waals surface area contributed by atoms with Crippen LogP contribution < -0.4 is 15.4 Å². The molecule has 0 radical (unpaired) electrons. The van der Waals surface area contributed by atoms with E-state index in [0.717, 1.165) is 16.7 Å². The van der Waals surface area contributed by atoms with Crippen molar-refractivity contribution in [2.45, 2.75) is 12.5 Å². The van der Waals surface area contributed by atoms with Crippen molar-refractivity contribution in [1.29, 1.82) is 0 Å². The van der Waals surface area contributed by atoms with Crippen molar-refractivity contribution < 1.29 is 14.3 Å². The minimum absolute atomic E-state index is 0.0271. The Hall–Kier alpha value is -3.61. The highest BCUT2D eigenvalue weighted by atomic mass is 16.5. The Labute approximate surface area is 168 Å². The first-order chi connectivity index (χ1) is 14.1. The minimum Gasteiger partial charge on any atom is -0.491 e. The molecule has 0 fully saturated rings. The fourth-order valence-electron chi connectivity index (χ4n) is 3.57. The molecular formula is C22H22N4O3. The third kappa shape index (κ3) is 3.71. The van der Waals surface area contributed by atoms with E-state index in [0.29, 0.717) is 30.0 Å². The molecule has 0 unspecified atom stereocenters. The number of nitrogens with zero attached hydrogens (tertiary/aromatic N) is 2. The van der Waals surface area contributed by atoms with Crippen LogP contribution >= 0.6 is 0 Å². The Balaban J connectivity index is 1.67. The summed E-state index contributed by atoms with van der Waals surface area (Å²) in [6.07, 6.45) is 3.55. The molecule has 148 valence electrons. The van der Waals surface area contributed by atoms with Gasteiger partial charge in [0.15, 0.2) is 0 Å². The predicted molar refractivity (Wildman–Crippen MR) is 108 cm³/mol. The molecule has 0 saturated carbocycles. The van der Waals surface area contributed by atoms with E-state index in [2.05, 4.69) is 15.7 Å². The number of hydrogen-bond acceptors (Lipinski definition) is 4. The number of carbonyl (C=O) groups is 2.